The van der Waals surface area contributed by atoms with Gasteiger partial charge in [0.1, 0.15) is 5.82 Å². The molecule has 2 aromatic rings. The van der Waals surface area contributed by atoms with Gasteiger partial charge in [0.05, 0.1) is 12.2 Å². The third-order valence-electron chi connectivity index (χ3n) is 3.65. The van der Waals surface area contributed by atoms with Crippen molar-refractivity contribution >= 4 is 6.03 Å². The van der Waals surface area contributed by atoms with E-state index in [-0.39, 0.29) is 12.1 Å². The van der Waals surface area contributed by atoms with Gasteiger partial charge in [-0.15, -0.1) is 0 Å². The number of hydrogen-bond acceptors (Lipinski definition) is 3. The summed E-state index contributed by atoms with van der Waals surface area (Å²) in [6.07, 6.45) is 3.50. The summed E-state index contributed by atoms with van der Waals surface area (Å²) in [5.41, 5.74) is 3.47. The first kappa shape index (κ1) is 13.5. The highest BCUT2D eigenvalue weighted by molar-refractivity contribution is 5.74. The predicted molar refractivity (Wildman–Crippen MR) is 79.8 cm³/mol. The van der Waals surface area contributed by atoms with Crippen molar-refractivity contribution in [2.45, 2.75) is 32.4 Å². The molecule has 108 valence electrons. The zero-order chi connectivity index (χ0) is 14.7. The van der Waals surface area contributed by atoms with Crippen LogP contribution in [0.2, 0.25) is 0 Å². The number of aryl methyl sites for hydroxylation is 1. The van der Waals surface area contributed by atoms with Crippen molar-refractivity contribution in [3.05, 3.63) is 59.2 Å². The molecule has 2 N–H and O–H groups in total. The van der Waals surface area contributed by atoms with E-state index in [4.69, 9.17) is 0 Å². The van der Waals surface area contributed by atoms with E-state index in [0.29, 0.717) is 12.4 Å². The number of fused-ring (bicyclic) bond motifs is 1. The van der Waals surface area contributed by atoms with E-state index < -0.39 is 0 Å². The lowest BCUT2D eigenvalue weighted by Crippen LogP contribution is -2.42. The van der Waals surface area contributed by atoms with Gasteiger partial charge in [-0.3, -0.25) is 0 Å². The van der Waals surface area contributed by atoms with Gasteiger partial charge in [0, 0.05) is 12.2 Å². The minimum atomic E-state index is -0.149. The van der Waals surface area contributed by atoms with E-state index in [1.54, 1.807) is 12.3 Å². The van der Waals surface area contributed by atoms with Crippen molar-refractivity contribution in [1.29, 1.82) is 0 Å². The lowest BCUT2D eigenvalue weighted by Gasteiger charge is -2.13. The molecule has 1 aliphatic rings. The topological polar surface area (TPSA) is 66.9 Å². The van der Waals surface area contributed by atoms with E-state index in [2.05, 4.69) is 32.7 Å². The lowest BCUT2D eigenvalue weighted by atomic mass is 10.1. The monoisotopic (exact) mass is 282 g/mol. The van der Waals surface area contributed by atoms with Crippen molar-refractivity contribution in [1.82, 2.24) is 20.6 Å². The number of carbonyl (C=O) groups is 1. The maximum atomic E-state index is 11.9. The standard InChI is InChI=1S/C16H18N4O/c1-11-17-7-6-14(19-11)10-18-16(21)20-15-8-12-4-2-3-5-13(12)9-15/h2-7,15H,8-10H2,1H3,(H2,18,20,21). The van der Waals surface area contributed by atoms with Crippen LogP contribution >= 0.6 is 0 Å². The van der Waals surface area contributed by atoms with Crippen molar-refractivity contribution in [3.8, 4) is 0 Å². The SMILES string of the molecule is Cc1nccc(CNC(=O)NC2Cc3ccccc3C2)n1. The summed E-state index contributed by atoms with van der Waals surface area (Å²) in [5, 5.41) is 5.86. The minimum Gasteiger partial charge on any atom is -0.335 e. The Balaban J connectivity index is 1.50. The average molecular weight is 282 g/mol. The quantitative estimate of drug-likeness (QED) is 0.901. The number of rotatable bonds is 3. The van der Waals surface area contributed by atoms with Gasteiger partial charge in [0.15, 0.2) is 0 Å². The Morgan fingerprint density at radius 2 is 1.95 bits per heavy atom. The Morgan fingerprint density at radius 1 is 1.24 bits per heavy atom. The van der Waals surface area contributed by atoms with Gasteiger partial charge < -0.3 is 10.6 Å². The molecule has 3 rings (SSSR count). The van der Waals surface area contributed by atoms with Crippen LogP contribution in [0.4, 0.5) is 4.79 Å². The first-order valence-corrected chi connectivity index (χ1v) is 7.10. The van der Waals surface area contributed by atoms with Crippen LogP contribution in [0.15, 0.2) is 36.5 Å². The molecular formula is C16H18N4O. The highest BCUT2D eigenvalue weighted by atomic mass is 16.2. The van der Waals surface area contributed by atoms with Gasteiger partial charge in [-0.1, -0.05) is 24.3 Å². The third kappa shape index (κ3) is 3.37. The number of amides is 2. The molecule has 0 spiro atoms. The Morgan fingerprint density at radius 3 is 2.62 bits per heavy atom. The summed E-state index contributed by atoms with van der Waals surface area (Å²) >= 11 is 0. The normalized spacial score (nSPS) is 13.8. The molecule has 1 heterocycles. The summed E-state index contributed by atoms with van der Waals surface area (Å²) in [4.78, 5) is 20.2. The second-order valence-electron chi connectivity index (χ2n) is 5.30. The van der Waals surface area contributed by atoms with Crippen LogP contribution < -0.4 is 10.6 Å². The predicted octanol–water partition coefficient (Wildman–Crippen LogP) is 1.75. The van der Waals surface area contributed by atoms with Gasteiger partial charge >= 0.3 is 6.03 Å². The van der Waals surface area contributed by atoms with Crippen molar-refractivity contribution < 1.29 is 4.79 Å². The molecule has 1 aromatic carbocycles. The molecule has 1 aliphatic carbocycles. The number of benzene rings is 1. The van der Waals surface area contributed by atoms with Gasteiger partial charge in [-0.25, -0.2) is 14.8 Å². The summed E-state index contributed by atoms with van der Waals surface area (Å²) < 4.78 is 0. The number of carbonyl (C=O) groups excluding carboxylic acids is 1. The molecule has 0 bridgehead atoms. The van der Waals surface area contributed by atoms with Crippen LogP contribution in [-0.2, 0) is 19.4 Å². The van der Waals surface area contributed by atoms with Crippen LogP contribution in [-0.4, -0.2) is 22.0 Å². The number of hydrogen-bond donors (Lipinski definition) is 2. The Bertz CT molecular complexity index is 631. The Labute approximate surface area is 123 Å². The Kier molecular flexibility index (Phi) is 3.81. The van der Waals surface area contributed by atoms with Crippen LogP contribution in [0.5, 0.6) is 0 Å². The zero-order valence-corrected chi connectivity index (χ0v) is 12.0. The number of nitrogens with one attached hydrogen (secondary N) is 2. The average Bonchev–Trinajstić information content (AvgIpc) is 2.87. The van der Waals surface area contributed by atoms with E-state index in [1.165, 1.54) is 11.1 Å². The van der Waals surface area contributed by atoms with Crippen molar-refractivity contribution in [2.24, 2.45) is 0 Å². The molecule has 5 heteroatoms. The fraction of sp³-hybridized carbons (Fsp3) is 0.312. The smallest absolute Gasteiger partial charge is 0.315 e. The van der Waals surface area contributed by atoms with Crippen LogP contribution in [0, 0.1) is 6.92 Å². The Hall–Kier alpha value is -2.43. The number of urea groups is 1. The summed E-state index contributed by atoms with van der Waals surface area (Å²) in [6.45, 7) is 2.24. The molecule has 0 atom stereocenters. The molecule has 0 saturated carbocycles. The second kappa shape index (κ2) is 5.91. The molecular weight excluding hydrogens is 264 g/mol. The molecule has 0 radical (unpaired) electrons. The molecule has 0 fully saturated rings. The molecule has 21 heavy (non-hydrogen) atoms. The van der Waals surface area contributed by atoms with E-state index in [0.717, 1.165) is 18.5 Å². The first-order valence-electron chi connectivity index (χ1n) is 7.10. The maximum Gasteiger partial charge on any atom is 0.315 e. The summed E-state index contributed by atoms with van der Waals surface area (Å²) in [7, 11) is 0. The lowest BCUT2D eigenvalue weighted by molar-refractivity contribution is 0.237. The van der Waals surface area contributed by atoms with E-state index >= 15 is 0 Å². The summed E-state index contributed by atoms with van der Waals surface area (Å²) in [5.74, 6) is 0.709. The first-order chi connectivity index (χ1) is 10.2. The molecule has 0 unspecified atom stereocenters. The minimum absolute atomic E-state index is 0.149. The molecule has 0 saturated heterocycles. The second-order valence-corrected chi connectivity index (χ2v) is 5.30. The highest BCUT2D eigenvalue weighted by Gasteiger charge is 2.22. The van der Waals surface area contributed by atoms with Gasteiger partial charge in [0.25, 0.3) is 0 Å². The molecule has 0 aliphatic heterocycles. The van der Waals surface area contributed by atoms with Gasteiger partial charge in [0.2, 0.25) is 0 Å². The zero-order valence-electron chi connectivity index (χ0n) is 12.0. The third-order valence-corrected chi connectivity index (χ3v) is 3.65. The fourth-order valence-electron chi connectivity index (χ4n) is 2.67. The van der Waals surface area contributed by atoms with Crippen LogP contribution in [0.25, 0.3) is 0 Å². The van der Waals surface area contributed by atoms with Gasteiger partial charge in [-0.2, -0.15) is 0 Å². The molecule has 2 amide bonds. The summed E-state index contributed by atoms with van der Waals surface area (Å²) in [6, 6.07) is 10.2. The fourth-order valence-corrected chi connectivity index (χ4v) is 2.67. The van der Waals surface area contributed by atoms with Crippen molar-refractivity contribution in [3.63, 3.8) is 0 Å². The van der Waals surface area contributed by atoms with Crippen LogP contribution in [0.1, 0.15) is 22.6 Å². The van der Waals surface area contributed by atoms with E-state index in [1.807, 2.05) is 19.1 Å². The largest absolute Gasteiger partial charge is 0.335 e. The molecule has 5 nitrogen and oxygen atoms in total. The van der Waals surface area contributed by atoms with Crippen LogP contribution in [0.3, 0.4) is 0 Å². The van der Waals surface area contributed by atoms with Crippen molar-refractivity contribution in [2.75, 3.05) is 0 Å². The number of nitrogens with zero attached hydrogens (tertiary/aromatic N) is 2. The van der Waals surface area contributed by atoms with E-state index in [9.17, 15) is 4.79 Å². The number of aromatic nitrogens is 2. The maximum absolute atomic E-state index is 11.9. The molecule has 1 aromatic heterocycles. The van der Waals surface area contributed by atoms with Gasteiger partial charge in [-0.05, 0) is 37.0 Å². The highest BCUT2D eigenvalue weighted by Crippen LogP contribution is 2.21.